The summed E-state index contributed by atoms with van der Waals surface area (Å²) in [5, 5.41) is 0.838. The van der Waals surface area contributed by atoms with Crippen LogP contribution in [0.5, 0.6) is 0 Å². The van der Waals surface area contributed by atoms with E-state index in [2.05, 4.69) is 49.4 Å². The van der Waals surface area contributed by atoms with Crippen LogP contribution in [0, 0.1) is 0 Å². The molecule has 5 heteroatoms. The average Bonchev–Trinajstić information content (AvgIpc) is 2.37. The summed E-state index contributed by atoms with van der Waals surface area (Å²) in [5.74, 6) is 0. The number of likely N-dealkylation sites (N-methyl/N-ethyl adjacent to an activating group) is 1. The fraction of sp³-hybridized carbons (Fsp3) is 0.857. The topological polar surface area (TPSA) is 15.7 Å². The number of hydrogen-bond donors (Lipinski definition) is 0. The third kappa shape index (κ3) is 5.86. The van der Waals surface area contributed by atoms with E-state index < -0.39 is 8.07 Å². The predicted molar refractivity (Wildman–Crippen MR) is 86.3 cm³/mol. The molecule has 0 amide bonds. The maximum atomic E-state index is 6.27. The van der Waals surface area contributed by atoms with Gasteiger partial charge in [0, 0.05) is 40.4 Å². The van der Waals surface area contributed by atoms with Gasteiger partial charge in [-0.2, -0.15) is 0 Å². The van der Waals surface area contributed by atoms with E-state index in [0.717, 1.165) is 18.3 Å². The lowest BCUT2D eigenvalue weighted by Gasteiger charge is -2.30. The number of halogens is 1. The number of hydrogen-bond acceptors (Lipinski definition) is 3. The van der Waals surface area contributed by atoms with Crippen molar-refractivity contribution in [3.63, 3.8) is 0 Å². The summed E-state index contributed by atoms with van der Waals surface area (Å²) in [7, 11) is 1.06. The van der Waals surface area contributed by atoms with Crippen molar-refractivity contribution in [3.8, 4) is 0 Å². The Labute approximate surface area is 124 Å². The lowest BCUT2D eigenvalue weighted by atomic mass is 10.2. The van der Waals surface area contributed by atoms with Crippen molar-refractivity contribution in [3.05, 3.63) is 11.2 Å². The molecule has 0 radical (unpaired) electrons. The highest BCUT2D eigenvalue weighted by Gasteiger charge is 2.23. The normalized spacial score (nSPS) is 26.3. The molecule has 0 saturated carbocycles. The molecule has 2 unspecified atom stereocenters. The quantitative estimate of drug-likeness (QED) is 0.440. The Morgan fingerprint density at radius 2 is 2.00 bits per heavy atom. The van der Waals surface area contributed by atoms with Crippen LogP contribution in [0.25, 0.3) is 0 Å². The van der Waals surface area contributed by atoms with Gasteiger partial charge in [-0.1, -0.05) is 31.2 Å². The van der Waals surface area contributed by atoms with Crippen LogP contribution in [0.3, 0.4) is 0 Å². The molecule has 2 atom stereocenters. The van der Waals surface area contributed by atoms with Crippen molar-refractivity contribution in [2.45, 2.75) is 51.6 Å². The molecule has 3 nitrogen and oxygen atoms in total. The molecule has 112 valence electrons. The standard InChI is InChI=1S/C14H29ClN2OSi/c1-12-9-14(15)16(3)13(2)10-17(12)11-18-7-8-19(4,5)6/h9,12-13H,7-8,10-11H2,1-6H3. The van der Waals surface area contributed by atoms with Crippen LogP contribution in [-0.2, 0) is 4.74 Å². The monoisotopic (exact) mass is 304 g/mol. The molecule has 0 spiro atoms. The first-order valence-corrected chi connectivity index (χ1v) is 11.2. The molecule has 1 rings (SSSR count). The molecule has 0 N–H and O–H groups in total. The molecular weight excluding hydrogens is 276 g/mol. The fourth-order valence-corrected chi connectivity index (χ4v) is 3.10. The Hall–Kier alpha value is -0.0331. The van der Waals surface area contributed by atoms with Gasteiger partial charge in [0.2, 0.25) is 0 Å². The molecule has 1 aliphatic rings. The van der Waals surface area contributed by atoms with Crippen LogP contribution >= 0.6 is 11.6 Å². The molecule has 0 saturated heterocycles. The van der Waals surface area contributed by atoms with Crippen molar-refractivity contribution in [1.29, 1.82) is 0 Å². The van der Waals surface area contributed by atoms with Crippen molar-refractivity contribution < 1.29 is 4.74 Å². The van der Waals surface area contributed by atoms with Gasteiger partial charge in [0.05, 0.1) is 6.73 Å². The van der Waals surface area contributed by atoms with Gasteiger partial charge in [-0.15, -0.1) is 0 Å². The van der Waals surface area contributed by atoms with E-state index in [-0.39, 0.29) is 0 Å². The molecule has 1 heterocycles. The highest BCUT2D eigenvalue weighted by Crippen LogP contribution is 2.20. The van der Waals surface area contributed by atoms with Crippen LogP contribution in [0.1, 0.15) is 13.8 Å². The maximum Gasteiger partial charge on any atom is 0.102 e. The van der Waals surface area contributed by atoms with Crippen LogP contribution in [-0.4, -0.2) is 56.9 Å². The molecule has 1 aliphatic heterocycles. The number of ether oxygens (including phenoxy) is 1. The Morgan fingerprint density at radius 3 is 2.58 bits per heavy atom. The Bertz CT molecular complexity index is 317. The Kier molecular flexibility index (Phi) is 6.37. The highest BCUT2D eigenvalue weighted by molar-refractivity contribution is 6.76. The zero-order valence-corrected chi connectivity index (χ0v) is 15.0. The Morgan fingerprint density at radius 1 is 1.37 bits per heavy atom. The van der Waals surface area contributed by atoms with Gasteiger partial charge in [-0.25, -0.2) is 0 Å². The SMILES string of the molecule is CC1C=C(Cl)N(C)C(C)CN1COCC[Si](C)(C)C. The van der Waals surface area contributed by atoms with E-state index >= 15 is 0 Å². The van der Waals surface area contributed by atoms with Crippen molar-refractivity contribution in [2.24, 2.45) is 0 Å². The van der Waals surface area contributed by atoms with Gasteiger partial charge < -0.3 is 9.64 Å². The molecule has 0 aromatic carbocycles. The average molecular weight is 305 g/mol. The second-order valence-electron chi connectivity index (χ2n) is 6.81. The summed E-state index contributed by atoms with van der Waals surface area (Å²) >= 11 is 6.27. The minimum absolute atomic E-state index is 0.326. The molecule has 19 heavy (non-hydrogen) atoms. The summed E-state index contributed by atoms with van der Waals surface area (Å²) in [6.45, 7) is 14.1. The van der Waals surface area contributed by atoms with Gasteiger partial charge >= 0.3 is 0 Å². The van der Waals surface area contributed by atoms with Crippen molar-refractivity contribution in [1.82, 2.24) is 9.80 Å². The van der Waals surface area contributed by atoms with Gasteiger partial charge in [-0.05, 0) is 26.0 Å². The second kappa shape index (κ2) is 7.11. The predicted octanol–water partition coefficient (Wildman–Crippen LogP) is 3.40. The lowest BCUT2D eigenvalue weighted by molar-refractivity contribution is 0.0174. The van der Waals surface area contributed by atoms with E-state index in [1.54, 1.807) is 0 Å². The minimum Gasteiger partial charge on any atom is -0.366 e. The summed E-state index contributed by atoms with van der Waals surface area (Å²) in [6, 6.07) is 1.96. The molecule has 0 aromatic heterocycles. The summed E-state index contributed by atoms with van der Waals surface area (Å²) in [5.41, 5.74) is 0. The molecule has 0 aromatic rings. The summed E-state index contributed by atoms with van der Waals surface area (Å²) in [6.07, 6.45) is 2.10. The summed E-state index contributed by atoms with van der Waals surface area (Å²) in [4.78, 5) is 4.47. The zero-order valence-electron chi connectivity index (χ0n) is 13.2. The first-order chi connectivity index (χ1) is 8.70. The Balaban J connectivity index is 2.45. The summed E-state index contributed by atoms with van der Waals surface area (Å²) < 4.78 is 5.86. The zero-order chi connectivity index (χ0) is 14.6. The molecule has 0 aliphatic carbocycles. The largest absolute Gasteiger partial charge is 0.366 e. The van der Waals surface area contributed by atoms with Gasteiger partial charge in [0.15, 0.2) is 0 Å². The van der Waals surface area contributed by atoms with Gasteiger partial charge in [0.1, 0.15) is 5.16 Å². The second-order valence-corrected chi connectivity index (χ2v) is 12.8. The van der Waals surface area contributed by atoms with E-state index in [0.29, 0.717) is 18.8 Å². The van der Waals surface area contributed by atoms with E-state index in [4.69, 9.17) is 16.3 Å². The first kappa shape index (κ1) is 17.0. The highest BCUT2D eigenvalue weighted by atomic mass is 35.5. The fourth-order valence-electron chi connectivity index (χ4n) is 1.99. The minimum atomic E-state index is -0.991. The van der Waals surface area contributed by atoms with Crippen LogP contribution in [0.4, 0.5) is 0 Å². The van der Waals surface area contributed by atoms with Gasteiger partial charge in [-0.3, -0.25) is 4.90 Å². The van der Waals surface area contributed by atoms with Crippen LogP contribution < -0.4 is 0 Å². The smallest absolute Gasteiger partial charge is 0.102 e. The van der Waals surface area contributed by atoms with Crippen molar-refractivity contribution in [2.75, 3.05) is 26.9 Å². The molecule has 0 bridgehead atoms. The van der Waals surface area contributed by atoms with Crippen molar-refractivity contribution >= 4 is 19.7 Å². The maximum absolute atomic E-state index is 6.27. The molecule has 0 fully saturated rings. The van der Waals surface area contributed by atoms with Crippen LogP contribution in [0.2, 0.25) is 25.7 Å². The molecular formula is C14H29ClN2OSi. The van der Waals surface area contributed by atoms with Gasteiger partial charge in [0.25, 0.3) is 0 Å². The van der Waals surface area contributed by atoms with E-state index in [9.17, 15) is 0 Å². The van der Waals surface area contributed by atoms with E-state index in [1.807, 2.05) is 7.05 Å². The lowest BCUT2D eigenvalue weighted by Crippen LogP contribution is -2.41. The van der Waals surface area contributed by atoms with E-state index in [1.165, 1.54) is 6.04 Å². The third-order valence-electron chi connectivity index (χ3n) is 3.71. The number of rotatable bonds is 5. The third-order valence-corrected chi connectivity index (χ3v) is 5.80. The van der Waals surface area contributed by atoms with Crippen LogP contribution in [0.15, 0.2) is 11.2 Å². The first-order valence-electron chi connectivity index (χ1n) is 7.12. The number of nitrogens with zero attached hydrogens (tertiary/aromatic N) is 2.